The lowest BCUT2D eigenvalue weighted by Gasteiger charge is -2.24. The summed E-state index contributed by atoms with van der Waals surface area (Å²) in [7, 11) is -3.46. The van der Waals surface area contributed by atoms with E-state index in [1.54, 1.807) is 4.31 Å². The van der Waals surface area contributed by atoms with Crippen LogP contribution in [0.1, 0.15) is 47.1 Å². The van der Waals surface area contributed by atoms with Crippen LogP contribution in [0.25, 0.3) is 0 Å². The van der Waals surface area contributed by atoms with Gasteiger partial charge in [0, 0.05) is 17.9 Å². The first-order valence-electron chi connectivity index (χ1n) is 10.4. The summed E-state index contributed by atoms with van der Waals surface area (Å²) in [5.74, 6) is 1.09. The van der Waals surface area contributed by atoms with Gasteiger partial charge in [0.15, 0.2) is 0 Å². The van der Waals surface area contributed by atoms with E-state index in [9.17, 15) is 8.42 Å². The highest BCUT2D eigenvalue weighted by atomic mass is 32.2. The summed E-state index contributed by atoms with van der Waals surface area (Å²) in [4.78, 5) is 13.5. The van der Waals surface area contributed by atoms with Crippen LogP contribution in [0.5, 0.6) is 0 Å². The topological polar surface area (TPSA) is 88.1 Å². The average molecular weight is 438 g/mol. The molecule has 4 rings (SSSR count). The third-order valence-corrected chi connectivity index (χ3v) is 7.18. The van der Waals surface area contributed by atoms with Crippen molar-refractivity contribution in [3.05, 3.63) is 76.7 Å². The van der Waals surface area contributed by atoms with Crippen molar-refractivity contribution in [2.45, 2.75) is 45.4 Å². The van der Waals surface area contributed by atoms with Gasteiger partial charge in [-0.15, -0.1) is 0 Å². The summed E-state index contributed by atoms with van der Waals surface area (Å²) in [6, 6.07) is 14.9. The Hall–Kier alpha value is -2.84. The average Bonchev–Trinajstić information content (AvgIpc) is 3.18. The molecule has 1 aliphatic rings. The lowest BCUT2D eigenvalue weighted by molar-refractivity contribution is 0.390. The number of hydrogen-bond donors (Lipinski definition) is 1. The number of anilines is 2. The maximum absolute atomic E-state index is 13.2. The Morgan fingerprint density at radius 2 is 1.74 bits per heavy atom. The van der Waals surface area contributed by atoms with E-state index in [1.165, 1.54) is 0 Å². The summed E-state index contributed by atoms with van der Waals surface area (Å²) in [5, 5.41) is 3.15. The zero-order valence-corrected chi connectivity index (χ0v) is 18.9. The van der Waals surface area contributed by atoms with Crippen LogP contribution < -0.4 is 5.32 Å². The Balaban J connectivity index is 1.56. The lowest BCUT2D eigenvalue weighted by Crippen LogP contribution is -2.32. The van der Waals surface area contributed by atoms with Crippen LogP contribution in [0, 0.1) is 20.8 Å². The number of aryl methyl sites for hydroxylation is 3. The van der Waals surface area contributed by atoms with E-state index in [0.29, 0.717) is 18.3 Å². The van der Waals surface area contributed by atoms with Crippen LogP contribution in [0.2, 0.25) is 0 Å². The second-order valence-electron chi connectivity index (χ2n) is 8.06. The van der Waals surface area contributed by atoms with Crippen LogP contribution in [0.3, 0.4) is 0 Å². The molecule has 0 aliphatic carbocycles. The van der Waals surface area contributed by atoms with E-state index >= 15 is 0 Å². The number of hydrogen-bond acceptors (Lipinski definition) is 6. The molecule has 1 atom stereocenters. The van der Waals surface area contributed by atoms with Gasteiger partial charge >= 0.3 is 0 Å². The number of pyridine rings is 1. The molecule has 3 aromatic rings. The SMILES string of the molecule is Cc1cccc(CS(=O)(=O)N2CCCC2c2cccc(Nc3nc(C)cc(C)n3)n2)c1. The van der Waals surface area contributed by atoms with Crippen molar-refractivity contribution >= 4 is 21.8 Å². The van der Waals surface area contributed by atoms with E-state index in [-0.39, 0.29) is 11.8 Å². The van der Waals surface area contributed by atoms with Crippen LogP contribution in [-0.4, -0.2) is 34.2 Å². The van der Waals surface area contributed by atoms with E-state index in [2.05, 4.69) is 15.3 Å². The lowest BCUT2D eigenvalue weighted by atomic mass is 10.1. The van der Waals surface area contributed by atoms with Gasteiger partial charge in [0.05, 0.1) is 17.5 Å². The third-order valence-electron chi connectivity index (χ3n) is 5.33. The highest BCUT2D eigenvalue weighted by Gasteiger charge is 2.36. The fraction of sp³-hybridized carbons (Fsp3) is 0.348. The minimum Gasteiger partial charge on any atom is -0.309 e. The summed E-state index contributed by atoms with van der Waals surface area (Å²) in [5.41, 5.74) is 4.34. The predicted molar refractivity (Wildman–Crippen MR) is 122 cm³/mol. The zero-order valence-electron chi connectivity index (χ0n) is 18.0. The van der Waals surface area contributed by atoms with E-state index in [1.807, 2.05) is 69.3 Å². The molecule has 3 heterocycles. The van der Waals surface area contributed by atoms with Crippen LogP contribution in [0.4, 0.5) is 11.8 Å². The minimum atomic E-state index is -3.46. The molecule has 1 unspecified atom stereocenters. The first kappa shape index (κ1) is 21.4. The molecule has 0 saturated carbocycles. The van der Waals surface area contributed by atoms with Crippen molar-refractivity contribution in [1.29, 1.82) is 0 Å². The highest BCUT2D eigenvalue weighted by Crippen LogP contribution is 2.35. The van der Waals surface area contributed by atoms with Crippen molar-refractivity contribution in [3.63, 3.8) is 0 Å². The van der Waals surface area contributed by atoms with Crippen LogP contribution in [-0.2, 0) is 15.8 Å². The number of nitrogens with one attached hydrogen (secondary N) is 1. The van der Waals surface area contributed by atoms with Crippen molar-refractivity contribution < 1.29 is 8.42 Å². The molecule has 0 amide bonds. The van der Waals surface area contributed by atoms with Gasteiger partial charge in [0.1, 0.15) is 5.82 Å². The number of sulfonamides is 1. The van der Waals surface area contributed by atoms with Gasteiger partial charge in [-0.3, -0.25) is 0 Å². The molecule has 162 valence electrons. The molecule has 0 radical (unpaired) electrons. The maximum atomic E-state index is 13.2. The molecule has 2 aromatic heterocycles. The monoisotopic (exact) mass is 437 g/mol. The Labute approximate surface area is 183 Å². The van der Waals surface area contributed by atoms with Crippen molar-refractivity contribution in [1.82, 2.24) is 19.3 Å². The first-order valence-corrected chi connectivity index (χ1v) is 12.0. The Morgan fingerprint density at radius 3 is 2.48 bits per heavy atom. The Kier molecular flexibility index (Phi) is 6.02. The summed E-state index contributed by atoms with van der Waals surface area (Å²) in [6.07, 6.45) is 1.57. The summed E-state index contributed by atoms with van der Waals surface area (Å²) in [6.45, 7) is 6.31. The second kappa shape index (κ2) is 8.72. The maximum Gasteiger partial charge on any atom is 0.228 e. The second-order valence-corrected chi connectivity index (χ2v) is 9.98. The number of rotatable bonds is 6. The first-order chi connectivity index (χ1) is 14.8. The van der Waals surface area contributed by atoms with Gasteiger partial charge in [0.2, 0.25) is 16.0 Å². The Morgan fingerprint density at radius 1 is 1.00 bits per heavy atom. The normalized spacial score (nSPS) is 17.1. The van der Waals surface area contributed by atoms with Gasteiger partial charge < -0.3 is 5.32 Å². The molecule has 31 heavy (non-hydrogen) atoms. The number of aromatic nitrogens is 3. The quantitative estimate of drug-likeness (QED) is 0.622. The fourth-order valence-electron chi connectivity index (χ4n) is 4.07. The van der Waals surface area contributed by atoms with E-state index < -0.39 is 10.0 Å². The Bertz CT molecular complexity index is 1180. The molecular formula is C23H27N5O2S. The van der Waals surface area contributed by atoms with Gasteiger partial charge in [-0.25, -0.2) is 23.4 Å². The molecule has 7 nitrogen and oxygen atoms in total. The molecule has 0 bridgehead atoms. The van der Waals surface area contributed by atoms with Gasteiger partial charge in [-0.05, 0) is 57.4 Å². The molecule has 1 saturated heterocycles. The number of nitrogens with zero attached hydrogens (tertiary/aromatic N) is 4. The standard InChI is InChI=1S/C23H27N5O2S/c1-16-7-4-8-19(13-16)15-31(29,30)28-12-6-10-21(28)20-9-5-11-22(26-20)27-23-24-17(2)14-18(3)25-23/h4-5,7-9,11,13-14,21H,6,10,12,15H2,1-3H3,(H,24,25,26,27). The largest absolute Gasteiger partial charge is 0.309 e. The molecule has 1 N–H and O–H groups in total. The summed E-state index contributed by atoms with van der Waals surface area (Å²) < 4.78 is 28.0. The smallest absolute Gasteiger partial charge is 0.228 e. The molecular weight excluding hydrogens is 410 g/mol. The molecule has 1 aliphatic heterocycles. The fourth-order valence-corrected chi connectivity index (χ4v) is 5.84. The van der Waals surface area contributed by atoms with Crippen LogP contribution >= 0.6 is 0 Å². The van der Waals surface area contributed by atoms with E-state index in [4.69, 9.17) is 4.98 Å². The zero-order chi connectivity index (χ0) is 22.0. The van der Waals surface area contributed by atoms with Crippen molar-refractivity contribution in [2.75, 3.05) is 11.9 Å². The van der Waals surface area contributed by atoms with Gasteiger partial charge in [-0.1, -0.05) is 35.9 Å². The predicted octanol–water partition coefficient (Wildman–Crippen LogP) is 4.21. The number of benzene rings is 1. The highest BCUT2D eigenvalue weighted by molar-refractivity contribution is 7.88. The van der Waals surface area contributed by atoms with Crippen molar-refractivity contribution in [2.24, 2.45) is 0 Å². The summed E-state index contributed by atoms with van der Waals surface area (Å²) >= 11 is 0. The molecule has 0 spiro atoms. The van der Waals surface area contributed by atoms with Gasteiger partial charge in [0.25, 0.3) is 0 Å². The third kappa shape index (κ3) is 5.08. The molecule has 8 heteroatoms. The molecule has 1 aromatic carbocycles. The minimum absolute atomic E-state index is 0.000466. The van der Waals surface area contributed by atoms with Crippen LogP contribution in [0.15, 0.2) is 48.5 Å². The van der Waals surface area contributed by atoms with Gasteiger partial charge in [-0.2, -0.15) is 4.31 Å². The molecule has 1 fully saturated rings. The van der Waals surface area contributed by atoms with E-state index in [0.717, 1.165) is 41.1 Å². The van der Waals surface area contributed by atoms with Crippen molar-refractivity contribution in [3.8, 4) is 0 Å².